The van der Waals surface area contributed by atoms with E-state index in [4.69, 9.17) is 4.42 Å². The molecule has 1 aromatic rings. The summed E-state index contributed by atoms with van der Waals surface area (Å²) < 4.78 is 5.60. The summed E-state index contributed by atoms with van der Waals surface area (Å²) in [6.07, 6.45) is 0. The van der Waals surface area contributed by atoms with E-state index in [1.807, 2.05) is 0 Å². The molecule has 0 spiro atoms. The van der Waals surface area contributed by atoms with E-state index >= 15 is 0 Å². The number of furan rings is 1. The second-order valence-electron chi connectivity index (χ2n) is 3.55. The van der Waals surface area contributed by atoms with Crippen molar-refractivity contribution >= 4 is 27.7 Å². The second-order valence-corrected chi connectivity index (χ2v) is 4.33. The smallest absolute Gasteiger partial charge is 0.289 e. The minimum Gasteiger partial charge on any atom is -0.444 e. The summed E-state index contributed by atoms with van der Waals surface area (Å²) >= 11 is 3.11. The minimum absolute atomic E-state index is 0.0319. The molecular formula is C10H13BrN2O3. The molecule has 0 fully saturated rings. The standard InChI is InChI=1S/C10H13BrN2O3/c1-12(2)9(14)6-13(3)10(15)7-4-5-8(11)16-7/h4-5H,6H2,1-3H3. The lowest BCUT2D eigenvalue weighted by Crippen LogP contribution is -2.37. The maximum Gasteiger partial charge on any atom is 0.289 e. The second kappa shape index (κ2) is 5.16. The summed E-state index contributed by atoms with van der Waals surface area (Å²) in [5, 5.41) is 0. The van der Waals surface area contributed by atoms with Crippen molar-refractivity contribution in [3.63, 3.8) is 0 Å². The first-order valence-corrected chi connectivity index (χ1v) is 5.42. The Kier molecular flexibility index (Phi) is 4.12. The van der Waals surface area contributed by atoms with Crippen LogP contribution in [0.1, 0.15) is 10.6 Å². The number of hydrogen-bond acceptors (Lipinski definition) is 3. The zero-order valence-electron chi connectivity index (χ0n) is 9.36. The molecule has 0 aliphatic heterocycles. The molecule has 1 heterocycles. The van der Waals surface area contributed by atoms with Gasteiger partial charge in [0.1, 0.15) is 0 Å². The molecular weight excluding hydrogens is 276 g/mol. The van der Waals surface area contributed by atoms with Crippen molar-refractivity contribution in [3.8, 4) is 0 Å². The number of hydrogen-bond donors (Lipinski definition) is 0. The van der Waals surface area contributed by atoms with Crippen molar-refractivity contribution < 1.29 is 14.0 Å². The van der Waals surface area contributed by atoms with Crippen LogP contribution in [0.15, 0.2) is 21.2 Å². The molecule has 88 valence electrons. The fourth-order valence-electron chi connectivity index (χ4n) is 1.03. The average Bonchev–Trinajstić information content (AvgIpc) is 2.63. The van der Waals surface area contributed by atoms with Gasteiger partial charge >= 0.3 is 0 Å². The number of amides is 2. The first-order valence-electron chi connectivity index (χ1n) is 4.62. The van der Waals surface area contributed by atoms with Crippen LogP contribution in [-0.2, 0) is 4.79 Å². The van der Waals surface area contributed by atoms with Crippen LogP contribution in [-0.4, -0.2) is 49.3 Å². The van der Waals surface area contributed by atoms with Gasteiger partial charge in [-0.2, -0.15) is 0 Å². The number of rotatable bonds is 3. The van der Waals surface area contributed by atoms with Crippen LogP contribution < -0.4 is 0 Å². The number of nitrogens with zero attached hydrogens (tertiary/aromatic N) is 2. The highest BCUT2D eigenvalue weighted by Crippen LogP contribution is 2.15. The molecule has 1 rings (SSSR count). The predicted octanol–water partition coefficient (Wildman–Crippen LogP) is 1.20. The van der Waals surface area contributed by atoms with Gasteiger partial charge in [0.05, 0.1) is 6.54 Å². The average molecular weight is 289 g/mol. The van der Waals surface area contributed by atoms with Crippen LogP contribution in [0.25, 0.3) is 0 Å². The Labute approximate surface area is 102 Å². The van der Waals surface area contributed by atoms with Crippen LogP contribution in [0.3, 0.4) is 0 Å². The number of likely N-dealkylation sites (N-methyl/N-ethyl adjacent to an activating group) is 2. The number of carbonyl (C=O) groups is 2. The molecule has 5 nitrogen and oxygen atoms in total. The topological polar surface area (TPSA) is 53.8 Å². The summed E-state index contributed by atoms with van der Waals surface area (Å²) in [5.74, 6) is -0.247. The lowest BCUT2D eigenvalue weighted by molar-refractivity contribution is -0.129. The van der Waals surface area contributed by atoms with Crippen molar-refractivity contribution in [3.05, 3.63) is 22.6 Å². The van der Waals surface area contributed by atoms with E-state index in [-0.39, 0.29) is 24.1 Å². The minimum atomic E-state index is -0.319. The highest BCUT2D eigenvalue weighted by atomic mass is 79.9. The van der Waals surface area contributed by atoms with Crippen LogP contribution in [0.5, 0.6) is 0 Å². The Balaban J connectivity index is 2.65. The molecule has 0 aliphatic carbocycles. The van der Waals surface area contributed by atoms with Gasteiger partial charge < -0.3 is 14.2 Å². The maximum absolute atomic E-state index is 11.8. The van der Waals surface area contributed by atoms with Crippen LogP contribution in [0.2, 0.25) is 0 Å². The van der Waals surface area contributed by atoms with Crippen LogP contribution in [0, 0.1) is 0 Å². The van der Waals surface area contributed by atoms with Gasteiger partial charge in [-0.05, 0) is 28.1 Å². The van der Waals surface area contributed by atoms with Gasteiger partial charge in [-0.1, -0.05) is 0 Å². The van der Waals surface area contributed by atoms with Gasteiger partial charge in [0, 0.05) is 21.1 Å². The summed E-state index contributed by atoms with van der Waals surface area (Å²) in [5.41, 5.74) is 0. The molecule has 0 unspecified atom stereocenters. The zero-order valence-corrected chi connectivity index (χ0v) is 10.9. The molecule has 0 aliphatic rings. The molecule has 0 bridgehead atoms. The van der Waals surface area contributed by atoms with Crippen LogP contribution in [0.4, 0.5) is 0 Å². The van der Waals surface area contributed by atoms with Gasteiger partial charge in [-0.15, -0.1) is 0 Å². The highest BCUT2D eigenvalue weighted by Gasteiger charge is 2.18. The summed E-state index contributed by atoms with van der Waals surface area (Å²) in [7, 11) is 4.84. The van der Waals surface area contributed by atoms with E-state index in [2.05, 4.69) is 15.9 Å². The summed E-state index contributed by atoms with van der Waals surface area (Å²) in [6.45, 7) is 0.0319. The van der Waals surface area contributed by atoms with Crippen molar-refractivity contribution in [2.24, 2.45) is 0 Å². The normalized spacial score (nSPS) is 10.0. The van der Waals surface area contributed by atoms with E-state index < -0.39 is 0 Å². The Morgan fingerprint density at radius 2 is 1.94 bits per heavy atom. The van der Waals surface area contributed by atoms with E-state index in [9.17, 15) is 9.59 Å². The Hall–Kier alpha value is -1.30. The Bertz CT molecular complexity index is 401. The van der Waals surface area contributed by atoms with Crippen molar-refractivity contribution in [2.45, 2.75) is 0 Å². The molecule has 0 saturated carbocycles. The maximum atomic E-state index is 11.8. The van der Waals surface area contributed by atoms with Gasteiger partial charge in [0.15, 0.2) is 10.4 Å². The predicted molar refractivity (Wildman–Crippen MR) is 62.1 cm³/mol. The molecule has 16 heavy (non-hydrogen) atoms. The fourth-order valence-corrected chi connectivity index (χ4v) is 1.34. The molecule has 0 N–H and O–H groups in total. The molecule has 0 aromatic carbocycles. The van der Waals surface area contributed by atoms with Gasteiger partial charge in [-0.25, -0.2) is 0 Å². The van der Waals surface area contributed by atoms with Gasteiger partial charge in [0.2, 0.25) is 5.91 Å². The lowest BCUT2D eigenvalue weighted by atomic mass is 10.4. The quantitative estimate of drug-likeness (QED) is 0.840. The molecule has 2 amide bonds. The number of halogens is 1. The third-order valence-corrected chi connectivity index (χ3v) is 2.43. The summed E-state index contributed by atoms with van der Waals surface area (Å²) in [4.78, 5) is 25.9. The molecule has 0 saturated heterocycles. The molecule has 0 atom stereocenters. The first kappa shape index (κ1) is 12.8. The first-order chi connectivity index (χ1) is 7.41. The van der Waals surface area contributed by atoms with E-state index in [1.54, 1.807) is 33.3 Å². The third kappa shape index (κ3) is 3.10. The van der Waals surface area contributed by atoms with Crippen LogP contribution >= 0.6 is 15.9 Å². The SMILES string of the molecule is CN(C)C(=O)CN(C)C(=O)c1ccc(Br)o1. The molecule has 0 radical (unpaired) electrons. The third-order valence-electron chi connectivity index (χ3n) is 2.00. The van der Waals surface area contributed by atoms with Crippen molar-refractivity contribution in [1.82, 2.24) is 9.80 Å². The molecule has 1 aromatic heterocycles. The largest absolute Gasteiger partial charge is 0.444 e. The highest BCUT2D eigenvalue weighted by molar-refractivity contribution is 9.10. The summed E-state index contributed by atoms with van der Waals surface area (Å²) in [6, 6.07) is 3.19. The molecule has 6 heteroatoms. The van der Waals surface area contributed by atoms with Gasteiger partial charge in [-0.3, -0.25) is 9.59 Å². The zero-order chi connectivity index (χ0) is 12.3. The van der Waals surface area contributed by atoms with E-state index in [0.717, 1.165) is 0 Å². The van der Waals surface area contributed by atoms with Crippen molar-refractivity contribution in [2.75, 3.05) is 27.7 Å². The number of carbonyl (C=O) groups excluding carboxylic acids is 2. The van der Waals surface area contributed by atoms with Gasteiger partial charge in [0.25, 0.3) is 5.91 Å². The Morgan fingerprint density at radius 3 is 2.38 bits per heavy atom. The van der Waals surface area contributed by atoms with Crippen molar-refractivity contribution in [1.29, 1.82) is 0 Å². The Morgan fingerprint density at radius 1 is 1.31 bits per heavy atom. The monoisotopic (exact) mass is 288 g/mol. The fraction of sp³-hybridized carbons (Fsp3) is 0.400. The van der Waals surface area contributed by atoms with E-state index in [0.29, 0.717) is 4.67 Å². The van der Waals surface area contributed by atoms with E-state index in [1.165, 1.54) is 9.80 Å². The lowest BCUT2D eigenvalue weighted by Gasteiger charge is -2.17.